The molecule has 21 heavy (non-hydrogen) atoms. The van der Waals surface area contributed by atoms with E-state index in [1.165, 1.54) is 9.13 Å². The van der Waals surface area contributed by atoms with E-state index in [2.05, 4.69) is 46.9 Å². The minimum Gasteiger partial charge on any atom is -0.481 e. The number of rotatable bonds is 6. The van der Waals surface area contributed by atoms with Crippen molar-refractivity contribution in [3.05, 3.63) is 69.3 Å². The fourth-order valence-electron chi connectivity index (χ4n) is 2.53. The molecule has 1 N–H and O–H groups in total. The summed E-state index contributed by atoms with van der Waals surface area (Å²) in [5, 5.41) is 9.53. The Morgan fingerprint density at radius 1 is 1.00 bits per heavy atom. The van der Waals surface area contributed by atoms with Crippen LogP contribution in [0.1, 0.15) is 18.1 Å². The smallest absolute Gasteiger partial charge is 0.307 e. The van der Waals surface area contributed by atoms with Crippen LogP contribution in [0, 0.1) is 15.4 Å². The van der Waals surface area contributed by atoms with E-state index < -0.39 is 5.97 Å². The Morgan fingerprint density at radius 2 is 1.57 bits per heavy atom. The second kappa shape index (κ2) is 7.59. The summed E-state index contributed by atoms with van der Waals surface area (Å²) in [6.07, 6.45) is 1.38. The van der Waals surface area contributed by atoms with E-state index in [0.717, 1.165) is 12.0 Å². The highest BCUT2D eigenvalue weighted by molar-refractivity contribution is 14.1. The molecule has 0 aliphatic rings. The van der Waals surface area contributed by atoms with Gasteiger partial charge in [0.15, 0.2) is 0 Å². The number of carbonyl (C=O) groups is 1. The van der Waals surface area contributed by atoms with Crippen molar-refractivity contribution in [1.29, 1.82) is 0 Å². The molecule has 0 spiro atoms. The van der Waals surface area contributed by atoms with E-state index >= 15 is 0 Å². The van der Waals surface area contributed by atoms with Gasteiger partial charge in [-0.25, -0.2) is 0 Å². The molecule has 110 valence electrons. The lowest BCUT2D eigenvalue weighted by Gasteiger charge is -2.20. The third-order valence-corrected chi connectivity index (χ3v) is 4.49. The van der Waals surface area contributed by atoms with Crippen LogP contribution in [0.2, 0.25) is 0 Å². The molecule has 0 aromatic heterocycles. The van der Waals surface area contributed by atoms with E-state index in [1.54, 1.807) is 0 Å². The summed E-state index contributed by atoms with van der Waals surface area (Å²) in [7, 11) is 0. The highest BCUT2D eigenvalue weighted by Crippen LogP contribution is 2.22. The minimum absolute atomic E-state index is 0.0998. The number of halogens is 1. The molecule has 3 heteroatoms. The van der Waals surface area contributed by atoms with E-state index in [0.29, 0.717) is 6.42 Å². The molecule has 2 rings (SSSR count). The van der Waals surface area contributed by atoms with Crippen molar-refractivity contribution >= 4 is 28.6 Å². The molecule has 0 amide bonds. The maximum Gasteiger partial charge on any atom is 0.307 e. The number of hydrogen-bond acceptors (Lipinski definition) is 1. The van der Waals surface area contributed by atoms with Gasteiger partial charge in [-0.3, -0.25) is 4.79 Å². The Labute approximate surface area is 139 Å². The zero-order valence-electron chi connectivity index (χ0n) is 12.0. The Morgan fingerprint density at radius 3 is 2.14 bits per heavy atom. The summed E-state index contributed by atoms with van der Waals surface area (Å²) in [5.74, 6) is -0.966. The summed E-state index contributed by atoms with van der Waals surface area (Å²) in [6, 6.07) is 18.1. The van der Waals surface area contributed by atoms with E-state index in [9.17, 15) is 9.90 Å². The zero-order valence-corrected chi connectivity index (χ0v) is 14.2. The first kappa shape index (κ1) is 16.0. The summed E-state index contributed by atoms with van der Waals surface area (Å²) in [4.78, 5) is 11.6. The van der Waals surface area contributed by atoms with Gasteiger partial charge in [-0.15, -0.1) is 0 Å². The van der Waals surface area contributed by atoms with E-state index in [1.807, 2.05) is 37.3 Å². The highest BCUT2D eigenvalue weighted by Gasteiger charge is 2.25. The van der Waals surface area contributed by atoms with Gasteiger partial charge in [0, 0.05) is 3.57 Å². The van der Waals surface area contributed by atoms with Crippen LogP contribution >= 0.6 is 22.6 Å². The Bertz CT molecular complexity index is 578. The molecule has 2 aromatic carbocycles. The van der Waals surface area contributed by atoms with Gasteiger partial charge in [0.25, 0.3) is 0 Å². The lowest BCUT2D eigenvalue weighted by atomic mass is 9.84. The average Bonchev–Trinajstić information content (AvgIpc) is 2.48. The van der Waals surface area contributed by atoms with Crippen molar-refractivity contribution in [3.8, 4) is 0 Å². The topological polar surface area (TPSA) is 37.3 Å². The van der Waals surface area contributed by atoms with E-state index in [-0.39, 0.29) is 11.8 Å². The first-order valence-electron chi connectivity index (χ1n) is 7.07. The Balaban J connectivity index is 2.07. The minimum atomic E-state index is -0.711. The van der Waals surface area contributed by atoms with Crippen LogP contribution in [0.5, 0.6) is 0 Å². The molecule has 0 fully saturated rings. The van der Waals surface area contributed by atoms with Gasteiger partial charge < -0.3 is 5.11 Å². The largest absolute Gasteiger partial charge is 0.481 e. The molecule has 2 aromatic rings. The standard InChI is InChI=1S/C18H19IO2/c1-13(11-15-7-9-16(19)10-8-15)17(18(20)21)12-14-5-3-2-4-6-14/h2-10,13,17H,11-12H2,1H3,(H,20,21)/t13-,17-/m0/s1. The van der Waals surface area contributed by atoms with Crippen LogP contribution in [-0.2, 0) is 17.6 Å². The normalized spacial score (nSPS) is 13.6. The number of hydrogen-bond donors (Lipinski definition) is 1. The first-order chi connectivity index (χ1) is 10.1. The molecule has 0 unspecified atom stereocenters. The molecule has 0 radical (unpaired) electrons. The molecule has 0 heterocycles. The predicted molar refractivity (Wildman–Crippen MR) is 93.3 cm³/mol. The third kappa shape index (κ3) is 4.84. The van der Waals surface area contributed by atoms with Crippen molar-refractivity contribution in [3.63, 3.8) is 0 Å². The second-order valence-electron chi connectivity index (χ2n) is 5.44. The number of benzene rings is 2. The quantitative estimate of drug-likeness (QED) is 0.737. The average molecular weight is 394 g/mol. The van der Waals surface area contributed by atoms with Crippen molar-refractivity contribution < 1.29 is 9.90 Å². The molecule has 2 nitrogen and oxygen atoms in total. The van der Waals surface area contributed by atoms with Gasteiger partial charge in [0.05, 0.1) is 5.92 Å². The summed E-state index contributed by atoms with van der Waals surface area (Å²) < 4.78 is 1.20. The molecule has 2 atom stereocenters. The van der Waals surface area contributed by atoms with Crippen LogP contribution < -0.4 is 0 Å². The fourth-order valence-corrected chi connectivity index (χ4v) is 2.89. The van der Waals surface area contributed by atoms with E-state index in [4.69, 9.17) is 0 Å². The first-order valence-corrected chi connectivity index (χ1v) is 8.15. The van der Waals surface area contributed by atoms with Gasteiger partial charge in [0.1, 0.15) is 0 Å². The van der Waals surface area contributed by atoms with Crippen molar-refractivity contribution in [1.82, 2.24) is 0 Å². The molecule has 0 bridgehead atoms. The molecule has 0 aliphatic carbocycles. The number of aliphatic carboxylic acids is 1. The molecular formula is C18H19IO2. The van der Waals surface area contributed by atoms with Gasteiger partial charge >= 0.3 is 5.97 Å². The van der Waals surface area contributed by atoms with Crippen molar-refractivity contribution in [2.75, 3.05) is 0 Å². The second-order valence-corrected chi connectivity index (χ2v) is 6.69. The predicted octanol–water partition coefficient (Wildman–Crippen LogP) is 4.41. The number of carboxylic acids is 1. The van der Waals surface area contributed by atoms with Crippen LogP contribution in [0.3, 0.4) is 0 Å². The van der Waals surface area contributed by atoms with Crippen molar-refractivity contribution in [2.45, 2.75) is 19.8 Å². The van der Waals surface area contributed by atoms with Crippen LogP contribution in [0.15, 0.2) is 54.6 Å². The maximum absolute atomic E-state index is 11.6. The molecule has 0 aliphatic heterocycles. The van der Waals surface area contributed by atoms with Gasteiger partial charge in [-0.05, 0) is 64.6 Å². The summed E-state index contributed by atoms with van der Waals surface area (Å²) >= 11 is 2.28. The lowest BCUT2D eigenvalue weighted by molar-refractivity contribution is -0.143. The van der Waals surface area contributed by atoms with Gasteiger partial charge in [-0.1, -0.05) is 49.4 Å². The molecule has 0 saturated carbocycles. The number of carboxylic acid groups (broad SMARTS) is 1. The SMILES string of the molecule is C[C@@H](Cc1ccc(I)cc1)[C@H](Cc1ccccc1)C(=O)O. The summed E-state index contributed by atoms with van der Waals surface area (Å²) in [6.45, 7) is 2.03. The maximum atomic E-state index is 11.6. The molecule has 0 saturated heterocycles. The zero-order chi connectivity index (χ0) is 15.2. The Hall–Kier alpha value is -1.36. The monoisotopic (exact) mass is 394 g/mol. The van der Waals surface area contributed by atoms with Crippen molar-refractivity contribution in [2.24, 2.45) is 11.8 Å². The lowest BCUT2D eigenvalue weighted by Crippen LogP contribution is -2.25. The highest BCUT2D eigenvalue weighted by atomic mass is 127. The molecular weight excluding hydrogens is 375 g/mol. The van der Waals surface area contributed by atoms with Crippen LogP contribution in [-0.4, -0.2) is 11.1 Å². The van der Waals surface area contributed by atoms with Crippen LogP contribution in [0.4, 0.5) is 0 Å². The van der Waals surface area contributed by atoms with Gasteiger partial charge in [-0.2, -0.15) is 0 Å². The summed E-state index contributed by atoms with van der Waals surface area (Å²) in [5.41, 5.74) is 2.28. The van der Waals surface area contributed by atoms with Gasteiger partial charge in [0.2, 0.25) is 0 Å². The fraction of sp³-hybridized carbons (Fsp3) is 0.278. The Kier molecular flexibility index (Phi) is 5.79. The van der Waals surface area contributed by atoms with Crippen LogP contribution in [0.25, 0.3) is 0 Å². The third-order valence-electron chi connectivity index (χ3n) is 3.77.